The molecular formula is C22H23N3O5. The molecule has 0 fully saturated rings. The molecule has 0 saturated heterocycles. The van der Waals surface area contributed by atoms with Gasteiger partial charge in [-0.05, 0) is 29.8 Å². The maximum absolute atomic E-state index is 13.2. The van der Waals surface area contributed by atoms with Crippen molar-refractivity contribution < 1.29 is 24.1 Å². The first-order chi connectivity index (χ1) is 14.6. The number of H-pyrrole nitrogens is 1. The van der Waals surface area contributed by atoms with Gasteiger partial charge in [-0.2, -0.15) is 5.10 Å². The van der Waals surface area contributed by atoms with Crippen LogP contribution in [0.25, 0.3) is 11.3 Å². The highest BCUT2D eigenvalue weighted by Crippen LogP contribution is 2.45. The molecule has 1 unspecified atom stereocenters. The molecule has 2 aromatic carbocycles. The monoisotopic (exact) mass is 409 g/mol. The Morgan fingerprint density at radius 2 is 1.87 bits per heavy atom. The lowest BCUT2D eigenvalue weighted by Crippen LogP contribution is -2.32. The maximum atomic E-state index is 13.2. The number of methoxy groups -OCH3 is 3. The third-order valence-corrected chi connectivity index (χ3v) is 5.28. The van der Waals surface area contributed by atoms with Gasteiger partial charge in [-0.15, -0.1) is 0 Å². The Kier molecular flexibility index (Phi) is 5.33. The summed E-state index contributed by atoms with van der Waals surface area (Å²) in [5.74, 6) is 1.09. The van der Waals surface area contributed by atoms with E-state index in [1.54, 1.807) is 44.4 Å². The van der Waals surface area contributed by atoms with Crippen molar-refractivity contribution in [2.24, 2.45) is 0 Å². The zero-order valence-corrected chi connectivity index (χ0v) is 17.0. The highest BCUT2D eigenvalue weighted by Gasteiger charge is 2.42. The average molecular weight is 409 g/mol. The minimum atomic E-state index is -0.421. The van der Waals surface area contributed by atoms with Crippen LogP contribution in [-0.4, -0.2) is 60.6 Å². The van der Waals surface area contributed by atoms with Gasteiger partial charge in [-0.1, -0.05) is 18.2 Å². The summed E-state index contributed by atoms with van der Waals surface area (Å²) in [5.41, 5.74) is 3.06. The summed E-state index contributed by atoms with van der Waals surface area (Å²) in [4.78, 5) is 14.9. The summed E-state index contributed by atoms with van der Waals surface area (Å²) in [7, 11) is 4.74. The van der Waals surface area contributed by atoms with Crippen LogP contribution >= 0.6 is 0 Å². The van der Waals surface area contributed by atoms with E-state index in [-0.39, 0.29) is 11.7 Å². The zero-order chi connectivity index (χ0) is 21.3. The number of aromatic nitrogens is 2. The predicted molar refractivity (Wildman–Crippen MR) is 110 cm³/mol. The molecule has 8 nitrogen and oxygen atoms in total. The first-order valence-electron chi connectivity index (χ1n) is 9.49. The van der Waals surface area contributed by atoms with Crippen molar-refractivity contribution in [3.05, 3.63) is 59.3 Å². The van der Waals surface area contributed by atoms with Crippen molar-refractivity contribution in [2.45, 2.75) is 6.04 Å². The van der Waals surface area contributed by atoms with Gasteiger partial charge >= 0.3 is 0 Å². The number of fused-ring (bicyclic) bond motifs is 1. The number of hydrogen-bond acceptors (Lipinski definition) is 6. The first-order valence-corrected chi connectivity index (χ1v) is 9.49. The van der Waals surface area contributed by atoms with Crippen LogP contribution in [-0.2, 0) is 4.74 Å². The van der Waals surface area contributed by atoms with Crippen molar-refractivity contribution >= 4 is 5.91 Å². The fourth-order valence-electron chi connectivity index (χ4n) is 3.87. The first kappa shape index (κ1) is 19.8. The summed E-state index contributed by atoms with van der Waals surface area (Å²) in [6.45, 7) is 0.788. The fourth-order valence-corrected chi connectivity index (χ4v) is 3.87. The number of carbonyl (C=O) groups excluding carboxylic acids is 1. The summed E-state index contributed by atoms with van der Waals surface area (Å²) in [5, 5.41) is 17.6. The van der Waals surface area contributed by atoms with Crippen LogP contribution in [0.1, 0.15) is 27.7 Å². The number of amides is 1. The van der Waals surface area contributed by atoms with E-state index in [1.165, 1.54) is 0 Å². The van der Waals surface area contributed by atoms with Gasteiger partial charge in [0.15, 0.2) is 11.5 Å². The van der Waals surface area contributed by atoms with E-state index in [0.29, 0.717) is 47.2 Å². The van der Waals surface area contributed by atoms with Crippen molar-refractivity contribution in [3.63, 3.8) is 0 Å². The van der Waals surface area contributed by atoms with Crippen LogP contribution in [0.3, 0.4) is 0 Å². The Morgan fingerprint density at radius 3 is 2.57 bits per heavy atom. The number of nitrogens with zero attached hydrogens (tertiary/aromatic N) is 2. The Morgan fingerprint density at radius 1 is 1.10 bits per heavy atom. The molecule has 0 spiro atoms. The molecule has 2 heterocycles. The van der Waals surface area contributed by atoms with Gasteiger partial charge in [0.1, 0.15) is 17.1 Å². The van der Waals surface area contributed by atoms with Gasteiger partial charge in [0.05, 0.1) is 26.9 Å². The van der Waals surface area contributed by atoms with Crippen LogP contribution in [0.5, 0.6) is 17.2 Å². The second kappa shape index (κ2) is 8.08. The maximum Gasteiger partial charge on any atom is 0.273 e. The molecule has 30 heavy (non-hydrogen) atoms. The number of benzene rings is 2. The number of carbonyl (C=O) groups is 1. The summed E-state index contributed by atoms with van der Waals surface area (Å²) < 4.78 is 16.0. The molecule has 0 aliphatic carbocycles. The molecule has 1 aromatic heterocycles. The predicted octanol–water partition coefficient (Wildman–Crippen LogP) is 2.99. The molecule has 0 bridgehead atoms. The van der Waals surface area contributed by atoms with Crippen LogP contribution in [0, 0.1) is 0 Å². The van der Waals surface area contributed by atoms with Crippen molar-refractivity contribution in [1.29, 1.82) is 0 Å². The topological polar surface area (TPSA) is 96.9 Å². The van der Waals surface area contributed by atoms with Crippen LogP contribution in [0.2, 0.25) is 0 Å². The van der Waals surface area contributed by atoms with Crippen LogP contribution < -0.4 is 9.47 Å². The minimum Gasteiger partial charge on any atom is -0.507 e. The molecule has 1 atom stereocenters. The Hall–Kier alpha value is -3.52. The summed E-state index contributed by atoms with van der Waals surface area (Å²) >= 11 is 0. The number of ether oxygens (including phenoxy) is 3. The molecule has 1 amide bonds. The van der Waals surface area contributed by atoms with E-state index in [1.807, 2.05) is 24.3 Å². The third kappa shape index (κ3) is 3.15. The normalized spacial score (nSPS) is 15.4. The number of aromatic hydroxyl groups is 1. The van der Waals surface area contributed by atoms with Gasteiger partial charge in [-0.25, -0.2) is 0 Å². The van der Waals surface area contributed by atoms with Crippen molar-refractivity contribution in [3.8, 4) is 28.5 Å². The number of para-hydroxylation sites is 1. The van der Waals surface area contributed by atoms with Gasteiger partial charge in [0.25, 0.3) is 5.91 Å². The van der Waals surface area contributed by atoms with E-state index in [2.05, 4.69) is 10.2 Å². The Bertz CT molecular complexity index is 1080. The van der Waals surface area contributed by atoms with Crippen molar-refractivity contribution in [1.82, 2.24) is 15.1 Å². The van der Waals surface area contributed by atoms with Gasteiger partial charge in [0, 0.05) is 24.8 Å². The zero-order valence-electron chi connectivity index (χ0n) is 17.0. The molecule has 0 radical (unpaired) electrons. The molecule has 1 aliphatic rings. The molecule has 8 heteroatoms. The Balaban J connectivity index is 1.89. The highest BCUT2D eigenvalue weighted by molar-refractivity contribution is 6.00. The molecule has 4 rings (SSSR count). The Labute approximate surface area is 174 Å². The number of rotatable bonds is 7. The summed E-state index contributed by atoms with van der Waals surface area (Å²) in [6.07, 6.45) is 0. The molecule has 2 N–H and O–H groups in total. The summed E-state index contributed by atoms with van der Waals surface area (Å²) in [6, 6.07) is 12.1. The second-order valence-electron chi connectivity index (χ2n) is 6.89. The van der Waals surface area contributed by atoms with Crippen molar-refractivity contribution in [2.75, 3.05) is 34.5 Å². The standard InChI is InChI=1S/C22H23N3O5/c1-28-11-10-25-21(13-8-9-16(29-2)17(12-13)30-3)18-19(23-24-20(18)22(25)27)14-6-4-5-7-15(14)26/h4-9,12,21,26H,10-11H2,1-3H3,(H,23,24). The third-order valence-electron chi connectivity index (χ3n) is 5.28. The van der Waals surface area contributed by atoms with E-state index in [0.717, 1.165) is 5.56 Å². The SMILES string of the molecule is COCCN1C(=O)c2[nH]nc(-c3ccccc3O)c2C1c1ccc(OC)c(OC)c1. The quantitative estimate of drug-likeness (QED) is 0.623. The van der Waals surface area contributed by atoms with Gasteiger partial charge in [0.2, 0.25) is 0 Å². The fraction of sp³-hybridized carbons (Fsp3) is 0.273. The molecular weight excluding hydrogens is 386 g/mol. The molecule has 156 valence electrons. The lowest BCUT2D eigenvalue weighted by Gasteiger charge is -2.26. The molecule has 3 aromatic rings. The molecule has 1 aliphatic heterocycles. The smallest absolute Gasteiger partial charge is 0.273 e. The number of aromatic amines is 1. The highest BCUT2D eigenvalue weighted by atomic mass is 16.5. The number of phenolic OH excluding ortho intramolecular Hbond substituents is 1. The van der Waals surface area contributed by atoms with E-state index < -0.39 is 6.04 Å². The molecule has 0 saturated carbocycles. The van der Waals surface area contributed by atoms with E-state index >= 15 is 0 Å². The largest absolute Gasteiger partial charge is 0.507 e. The van der Waals surface area contributed by atoms with Gasteiger partial charge in [-0.3, -0.25) is 9.89 Å². The second-order valence-corrected chi connectivity index (χ2v) is 6.89. The van der Waals surface area contributed by atoms with Crippen LogP contribution in [0.4, 0.5) is 0 Å². The average Bonchev–Trinajstić information content (AvgIpc) is 3.31. The number of hydrogen-bond donors (Lipinski definition) is 2. The van der Waals surface area contributed by atoms with E-state index in [4.69, 9.17) is 14.2 Å². The van der Waals surface area contributed by atoms with Gasteiger partial charge < -0.3 is 24.2 Å². The number of phenols is 1. The minimum absolute atomic E-state index is 0.0978. The number of nitrogens with one attached hydrogen (secondary N) is 1. The lowest BCUT2D eigenvalue weighted by molar-refractivity contribution is 0.0677. The van der Waals surface area contributed by atoms with E-state index in [9.17, 15) is 9.90 Å². The lowest BCUT2D eigenvalue weighted by atomic mass is 9.95. The van der Waals surface area contributed by atoms with Crippen LogP contribution in [0.15, 0.2) is 42.5 Å².